The van der Waals surface area contributed by atoms with E-state index in [-0.39, 0.29) is 0 Å². The Morgan fingerprint density at radius 2 is 1.53 bits per heavy atom. The maximum Gasteiger partial charge on any atom is 0.0346 e. The molecule has 7 fully saturated rings. The summed E-state index contributed by atoms with van der Waals surface area (Å²) in [6.45, 7) is 2.50. The molecule has 0 aliphatic heterocycles. The highest BCUT2D eigenvalue weighted by Gasteiger charge is 2.69. The first-order chi connectivity index (χ1) is 8.23. The predicted molar refractivity (Wildman–Crippen MR) is 67.9 cm³/mol. The van der Waals surface area contributed by atoms with Gasteiger partial charge in [0, 0.05) is 5.41 Å². The molecule has 17 heavy (non-hydrogen) atoms. The van der Waals surface area contributed by atoms with E-state index in [0.717, 1.165) is 47.3 Å². The molecule has 0 nitrogen and oxygen atoms in total. The van der Waals surface area contributed by atoms with Crippen LogP contribution in [0.15, 0.2) is 0 Å². The van der Waals surface area contributed by atoms with Gasteiger partial charge < -0.3 is 0 Å². The second-order valence-corrected chi connectivity index (χ2v) is 7.97. The first-order valence-corrected chi connectivity index (χ1v) is 7.71. The molecule has 90 valence electrons. The summed E-state index contributed by atoms with van der Waals surface area (Å²) in [4.78, 5) is 0. The van der Waals surface area contributed by atoms with Crippen LogP contribution >= 0.6 is 0 Å². The van der Waals surface area contributed by atoms with Gasteiger partial charge in [-0.05, 0) is 79.4 Å². The highest BCUT2D eigenvalue weighted by Crippen LogP contribution is 2.75. The number of terminal acetylenes is 1. The molecule has 7 aliphatic carbocycles. The smallest absolute Gasteiger partial charge is 0.0346 e. The standard InChI is InChI=1S/C17H22/c1-3-17-7-14-11-4-10-5-12(14)16(9(17)2)13(6-10)15(11)8-17/h1,9-16H,4-8H2,2H3. The molecule has 7 rings (SSSR count). The molecule has 0 spiro atoms. The fourth-order valence-corrected chi connectivity index (χ4v) is 7.56. The van der Waals surface area contributed by atoms with Crippen molar-refractivity contribution in [1.29, 1.82) is 0 Å². The van der Waals surface area contributed by atoms with Crippen LogP contribution in [0.2, 0.25) is 0 Å². The Balaban J connectivity index is 1.70. The SMILES string of the molecule is C#CC12CC3C4CC5CC3C(C(C5)C4C1)C2C. The Morgan fingerprint density at radius 1 is 0.941 bits per heavy atom. The van der Waals surface area contributed by atoms with E-state index in [0.29, 0.717) is 5.41 Å². The zero-order chi connectivity index (χ0) is 11.4. The summed E-state index contributed by atoms with van der Waals surface area (Å²) in [6.07, 6.45) is 13.5. The largest absolute Gasteiger partial charge is 0.120 e. The van der Waals surface area contributed by atoms with Gasteiger partial charge in [-0.2, -0.15) is 0 Å². The second-order valence-electron chi connectivity index (χ2n) is 7.97. The minimum Gasteiger partial charge on any atom is -0.120 e. The Hall–Kier alpha value is -0.440. The maximum atomic E-state index is 5.98. The van der Waals surface area contributed by atoms with Crippen LogP contribution in [-0.2, 0) is 0 Å². The number of hydrogen-bond acceptors (Lipinski definition) is 0. The highest BCUT2D eigenvalue weighted by atomic mass is 14.7. The number of rotatable bonds is 0. The van der Waals surface area contributed by atoms with Crippen LogP contribution in [0.1, 0.15) is 39.0 Å². The van der Waals surface area contributed by atoms with E-state index in [2.05, 4.69) is 12.8 Å². The summed E-state index contributed by atoms with van der Waals surface area (Å²) in [6, 6.07) is 0. The number of hydrogen-bond donors (Lipinski definition) is 0. The quantitative estimate of drug-likeness (QED) is 0.554. The molecule has 0 radical (unpaired) electrons. The zero-order valence-corrected chi connectivity index (χ0v) is 10.7. The highest BCUT2D eigenvalue weighted by molar-refractivity contribution is 5.24. The lowest BCUT2D eigenvalue weighted by Crippen LogP contribution is -2.67. The summed E-state index contributed by atoms with van der Waals surface area (Å²) >= 11 is 0. The van der Waals surface area contributed by atoms with E-state index in [1.807, 2.05) is 0 Å². The molecule has 0 heteroatoms. The van der Waals surface area contributed by atoms with Crippen LogP contribution in [0.3, 0.4) is 0 Å². The van der Waals surface area contributed by atoms with Crippen molar-refractivity contribution in [2.75, 3.05) is 0 Å². The monoisotopic (exact) mass is 226 g/mol. The van der Waals surface area contributed by atoms with Gasteiger partial charge in [0.05, 0.1) is 0 Å². The van der Waals surface area contributed by atoms with Crippen molar-refractivity contribution in [3.63, 3.8) is 0 Å². The van der Waals surface area contributed by atoms with E-state index in [9.17, 15) is 0 Å². The molecular weight excluding hydrogens is 204 g/mol. The van der Waals surface area contributed by atoms with Crippen LogP contribution in [0, 0.1) is 65.1 Å². The van der Waals surface area contributed by atoms with Gasteiger partial charge in [0.15, 0.2) is 0 Å². The zero-order valence-electron chi connectivity index (χ0n) is 10.7. The first kappa shape index (κ1) is 9.48. The van der Waals surface area contributed by atoms with E-state index in [1.165, 1.54) is 12.8 Å². The molecule has 0 heterocycles. The third-order valence-electron chi connectivity index (χ3n) is 7.94. The predicted octanol–water partition coefficient (Wildman–Crippen LogP) is 3.57. The molecule has 5 unspecified atom stereocenters. The average Bonchev–Trinajstić information content (AvgIpc) is 2.36. The van der Waals surface area contributed by atoms with Crippen molar-refractivity contribution in [1.82, 2.24) is 0 Å². The third-order valence-corrected chi connectivity index (χ3v) is 7.94. The summed E-state index contributed by atoms with van der Waals surface area (Å²) in [7, 11) is 0. The first-order valence-electron chi connectivity index (χ1n) is 7.71. The minimum absolute atomic E-state index is 0.327. The van der Waals surface area contributed by atoms with E-state index in [1.54, 1.807) is 19.3 Å². The molecule has 0 saturated heterocycles. The molecular formula is C17H22. The fourth-order valence-electron chi connectivity index (χ4n) is 7.56. The molecule has 0 amide bonds. The molecule has 8 bridgehead atoms. The van der Waals surface area contributed by atoms with Gasteiger partial charge in [-0.15, -0.1) is 6.42 Å². The molecule has 0 aromatic rings. The van der Waals surface area contributed by atoms with E-state index >= 15 is 0 Å². The van der Waals surface area contributed by atoms with Crippen molar-refractivity contribution in [3.05, 3.63) is 0 Å². The Morgan fingerprint density at radius 3 is 2.12 bits per heavy atom. The minimum atomic E-state index is 0.327. The summed E-state index contributed by atoms with van der Waals surface area (Å²) < 4.78 is 0. The van der Waals surface area contributed by atoms with Crippen molar-refractivity contribution >= 4 is 0 Å². The van der Waals surface area contributed by atoms with Crippen LogP contribution in [-0.4, -0.2) is 0 Å². The topological polar surface area (TPSA) is 0 Å². The average molecular weight is 226 g/mol. The van der Waals surface area contributed by atoms with Crippen LogP contribution < -0.4 is 0 Å². The Bertz CT molecular complexity index is 404. The lowest BCUT2D eigenvalue weighted by atomic mass is 9.31. The van der Waals surface area contributed by atoms with Crippen molar-refractivity contribution < 1.29 is 0 Å². The summed E-state index contributed by atoms with van der Waals surface area (Å²) in [5, 5.41) is 0. The van der Waals surface area contributed by atoms with Crippen LogP contribution in [0.5, 0.6) is 0 Å². The molecule has 5 atom stereocenters. The van der Waals surface area contributed by atoms with Crippen molar-refractivity contribution in [2.24, 2.45) is 52.8 Å². The van der Waals surface area contributed by atoms with Gasteiger partial charge in [-0.25, -0.2) is 0 Å². The lowest BCUT2D eigenvalue weighted by Gasteiger charge is -2.73. The van der Waals surface area contributed by atoms with Gasteiger partial charge in [0.1, 0.15) is 0 Å². The van der Waals surface area contributed by atoms with Crippen LogP contribution in [0.25, 0.3) is 0 Å². The Kier molecular flexibility index (Phi) is 1.46. The van der Waals surface area contributed by atoms with Gasteiger partial charge in [-0.1, -0.05) is 12.8 Å². The van der Waals surface area contributed by atoms with E-state index < -0.39 is 0 Å². The Labute approximate surface area is 105 Å². The lowest BCUT2D eigenvalue weighted by molar-refractivity contribution is -0.244. The summed E-state index contributed by atoms with van der Waals surface area (Å²) in [5.41, 5.74) is 0.327. The third kappa shape index (κ3) is 0.834. The maximum absolute atomic E-state index is 5.98. The molecule has 0 aromatic heterocycles. The van der Waals surface area contributed by atoms with E-state index in [4.69, 9.17) is 6.42 Å². The molecule has 7 aliphatic rings. The fraction of sp³-hybridized carbons (Fsp3) is 0.882. The molecule has 7 saturated carbocycles. The van der Waals surface area contributed by atoms with Gasteiger partial charge in [0.25, 0.3) is 0 Å². The van der Waals surface area contributed by atoms with Gasteiger partial charge >= 0.3 is 0 Å². The van der Waals surface area contributed by atoms with Gasteiger partial charge in [-0.3, -0.25) is 0 Å². The normalized spacial score (nSPS) is 69.6. The molecule has 0 N–H and O–H groups in total. The summed E-state index contributed by atoms with van der Waals surface area (Å²) in [5.74, 6) is 11.6. The van der Waals surface area contributed by atoms with Crippen molar-refractivity contribution in [3.8, 4) is 12.3 Å². The van der Waals surface area contributed by atoms with Crippen molar-refractivity contribution in [2.45, 2.75) is 39.0 Å². The van der Waals surface area contributed by atoms with Gasteiger partial charge in [0.2, 0.25) is 0 Å². The second kappa shape index (κ2) is 2.61. The molecule has 0 aromatic carbocycles. The van der Waals surface area contributed by atoms with Crippen LogP contribution in [0.4, 0.5) is 0 Å².